The van der Waals surface area contributed by atoms with Gasteiger partial charge in [-0.25, -0.2) is 4.98 Å². The van der Waals surface area contributed by atoms with E-state index in [4.69, 9.17) is 21.3 Å². The Morgan fingerprint density at radius 1 is 1.44 bits per heavy atom. The van der Waals surface area contributed by atoms with E-state index in [9.17, 15) is 19.8 Å². The van der Waals surface area contributed by atoms with Crippen LogP contribution >= 0.6 is 11.8 Å². The number of anilines is 1. The second-order valence-electron chi connectivity index (χ2n) is 6.13. The number of nitrogens with zero attached hydrogens (tertiary/aromatic N) is 3. The minimum absolute atomic E-state index is 0.0370. The van der Waals surface area contributed by atoms with Crippen molar-refractivity contribution in [1.29, 1.82) is 0 Å². The third kappa shape index (κ3) is 3.91. The smallest absolute Gasteiger partial charge is 0.320 e. The van der Waals surface area contributed by atoms with Crippen molar-refractivity contribution < 1.29 is 24.9 Å². The summed E-state index contributed by atoms with van der Waals surface area (Å²) in [7, 11) is 0. The molecule has 27 heavy (non-hydrogen) atoms. The fraction of sp³-hybridized carbons (Fsp3) is 0.571. The highest BCUT2D eigenvalue weighted by atomic mass is 32.2. The number of carboxylic acids is 1. The number of carboxylic acid groups (broad SMARTS) is 1. The van der Waals surface area contributed by atoms with Gasteiger partial charge in [-0.05, 0) is 12.2 Å². The molecule has 0 amide bonds. The molecule has 0 spiro atoms. The number of aliphatic carboxylic acids is 1. The maximum Gasteiger partial charge on any atom is 0.320 e. The molecule has 1 fully saturated rings. The number of thioether (sulfide) groups is 1. The molecule has 3 heterocycles. The Hall–Kier alpha value is -2.19. The van der Waals surface area contributed by atoms with Crippen LogP contribution in [0.25, 0.3) is 11.2 Å². The third-order valence-electron chi connectivity index (χ3n) is 4.23. The summed E-state index contributed by atoms with van der Waals surface area (Å²) in [5.41, 5.74) is 10.6. The van der Waals surface area contributed by atoms with Gasteiger partial charge in [0, 0.05) is 5.75 Å². The van der Waals surface area contributed by atoms with Crippen LogP contribution in [0.3, 0.4) is 0 Å². The summed E-state index contributed by atoms with van der Waals surface area (Å²) in [6, 6.07) is -0.947. The van der Waals surface area contributed by atoms with E-state index >= 15 is 0 Å². The number of carbonyl (C=O) groups is 1. The van der Waals surface area contributed by atoms with Crippen molar-refractivity contribution >= 4 is 34.8 Å². The number of hydrogen-bond acceptors (Lipinski definition) is 10. The van der Waals surface area contributed by atoms with Gasteiger partial charge in [0.05, 0.1) is 12.4 Å². The summed E-state index contributed by atoms with van der Waals surface area (Å²) in [5.74, 6) is -0.396. The molecule has 3 rings (SSSR count). The first-order valence-electron chi connectivity index (χ1n) is 8.09. The minimum atomic E-state index is -1.27. The monoisotopic (exact) mass is 400 g/mol. The van der Waals surface area contributed by atoms with Crippen LogP contribution < -0.4 is 17.0 Å². The fourth-order valence-electron chi connectivity index (χ4n) is 2.76. The van der Waals surface area contributed by atoms with E-state index in [0.717, 1.165) is 0 Å². The second-order valence-corrected chi connectivity index (χ2v) is 7.28. The molecule has 0 aromatic carbocycles. The fourth-order valence-corrected chi connectivity index (χ4v) is 3.85. The van der Waals surface area contributed by atoms with E-state index in [1.165, 1.54) is 22.7 Å². The molecule has 1 saturated heterocycles. The Morgan fingerprint density at radius 2 is 2.19 bits per heavy atom. The summed E-state index contributed by atoms with van der Waals surface area (Å²) >= 11 is 1.35. The maximum atomic E-state index is 11.9. The first kappa shape index (κ1) is 19.6. The molecule has 0 bridgehead atoms. The molecule has 148 valence electrons. The minimum Gasteiger partial charge on any atom is -0.480 e. The van der Waals surface area contributed by atoms with Crippen molar-refractivity contribution in [2.45, 2.75) is 37.0 Å². The van der Waals surface area contributed by atoms with Gasteiger partial charge in [0.15, 0.2) is 17.4 Å². The summed E-state index contributed by atoms with van der Waals surface area (Å²) in [4.78, 5) is 32.8. The molecule has 1 aliphatic heterocycles. The molecule has 2 aromatic rings. The lowest BCUT2D eigenvalue weighted by Crippen LogP contribution is -2.33. The van der Waals surface area contributed by atoms with Gasteiger partial charge in [-0.15, -0.1) is 0 Å². The molecule has 0 aliphatic carbocycles. The van der Waals surface area contributed by atoms with Crippen molar-refractivity contribution in [3.63, 3.8) is 0 Å². The highest BCUT2D eigenvalue weighted by molar-refractivity contribution is 7.99. The summed E-state index contributed by atoms with van der Waals surface area (Å²) in [6.45, 7) is 0. The number of H-pyrrole nitrogens is 1. The quantitative estimate of drug-likeness (QED) is 0.277. The number of aromatic nitrogens is 4. The Kier molecular flexibility index (Phi) is 5.67. The molecule has 8 N–H and O–H groups in total. The van der Waals surface area contributed by atoms with Crippen LogP contribution in [0, 0.1) is 0 Å². The number of imidazole rings is 1. The van der Waals surface area contributed by atoms with Crippen molar-refractivity contribution in [1.82, 2.24) is 19.5 Å². The summed E-state index contributed by atoms with van der Waals surface area (Å²) in [5, 5.41) is 29.3. The molecule has 0 saturated carbocycles. The van der Waals surface area contributed by atoms with Crippen LogP contribution in [0.2, 0.25) is 0 Å². The van der Waals surface area contributed by atoms with E-state index in [2.05, 4.69) is 15.0 Å². The zero-order valence-electron chi connectivity index (χ0n) is 14.1. The van der Waals surface area contributed by atoms with Crippen molar-refractivity contribution in [2.75, 3.05) is 17.2 Å². The number of fused-ring (bicyclic) bond motifs is 1. The number of aliphatic hydroxyl groups excluding tert-OH is 2. The standard InChI is InChI=1S/C14H20N6O6S/c15-5(13(24)25)1-2-27-3-6-8(21)9(22)12(26-6)20-4-17-7-10(20)18-14(16)19-11(7)23/h4-6,8-9,12,21-22H,1-3,15H2,(H,24,25)(H3,16,18,19,23)/t5-,6+,8+,9+,12+/m0/s1. The number of hydrogen-bond donors (Lipinski definition) is 6. The van der Waals surface area contributed by atoms with E-state index in [1.807, 2.05) is 0 Å². The highest BCUT2D eigenvalue weighted by Crippen LogP contribution is 2.32. The van der Waals surface area contributed by atoms with Crippen LogP contribution in [-0.2, 0) is 9.53 Å². The Labute approximate surface area is 156 Å². The lowest BCUT2D eigenvalue weighted by atomic mass is 10.1. The van der Waals surface area contributed by atoms with Gasteiger partial charge < -0.3 is 31.5 Å². The summed E-state index contributed by atoms with van der Waals surface area (Å²) in [6.07, 6.45) is -2.58. The molecule has 12 nitrogen and oxygen atoms in total. The van der Waals surface area contributed by atoms with Gasteiger partial charge in [-0.2, -0.15) is 16.7 Å². The average molecular weight is 400 g/mol. The maximum absolute atomic E-state index is 11.9. The Balaban J connectivity index is 1.68. The Morgan fingerprint density at radius 3 is 2.89 bits per heavy atom. The number of nitrogens with one attached hydrogen (secondary N) is 1. The van der Waals surface area contributed by atoms with E-state index < -0.39 is 42.1 Å². The number of nitrogens with two attached hydrogens (primary N) is 2. The predicted octanol–water partition coefficient (Wildman–Crippen LogP) is -2.14. The first-order valence-corrected chi connectivity index (χ1v) is 9.25. The molecular weight excluding hydrogens is 380 g/mol. The Bertz CT molecular complexity index is 887. The zero-order chi connectivity index (χ0) is 19.7. The van der Waals surface area contributed by atoms with Gasteiger partial charge in [0.2, 0.25) is 5.95 Å². The number of nitrogen functional groups attached to an aromatic ring is 1. The van der Waals surface area contributed by atoms with Crippen LogP contribution in [0.15, 0.2) is 11.1 Å². The van der Waals surface area contributed by atoms with Crippen LogP contribution in [0.1, 0.15) is 12.6 Å². The van der Waals surface area contributed by atoms with Crippen LogP contribution in [-0.4, -0.2) is 76.7 Å². The molecule has 5 atom stereocenters. The molecular formula is C14H20N6O6S. The van der Waals surface area contributed by atoms with Crippen LogP contribution in [0.4, 0.5) is 5.95 Å². The van der Waals surface area contributed by atoms with Crippen molar-refractivity contribution in [3.8, 4) is 0 Å². The van der Waals surface area contributed by atoms with Gasteiger partial charge in [0.1, 0.15) is 18.2 Å². The van der Waals surface area contributed by atoms with E-state index in [1.54, 1.807) is 0 Å². The largest absolute Gasteiger partial charge is 0.480 e. The lowest BCUT2D eigenvalue weighted by Gasteiger charge is -2.16. The van der Waals surface area contributed by atoms with Gasteiger partial charge in [0.25, 0.3) is 5.56 Å². The SMILES string of the molecule is Nc1nc2c(ncn2[C@@H]2O[C@H](CSCC[C@H](N)C(=O)O)[C@@H](O)[C@H]2O)c(=O)[nH]1. The number of ether oxygens (including phenoxy) is 1. The normalized spacial score (nSPS) is 26.5. The highest BCUT2D eigenvalue weighted by Gasteiger charge is 2.44. The van der Waals surface area contributed by atoms with E-state index in [-0.39, 0.29) is 23.5 Å². The summed E-state index contributed by atoms with van der Waals surface area (Å²) < 4.78 is 7.08. The van der Waals surface area contributed by atoms with Crippen molar-refractivity contribution in [2.24, 2.45) is 5.73 Å². The molecule has 0 unspecified atom stereocenters. The third-order valence-corrected chi connectivity index (χ3v) is 5.32. The number of rotatable bonds is 7. The topological polar surface area (TPSA) is 203 Å². The lowest BCUT2D eigenvalue weighted by molar-refractivity contribution is -0.138. The first-order chi connectivity index (χ1) is 12.8. The number of aromatic amines is 1. The zero-order valence-corrected chi connectivity index (χ0v) is 14.9. The molecule has 13 heteroatoms. The molecule has 1 aliphatic rings. The molecule has 2 aromatic heterocycles. The average Bonchev–Trinajstić information content (AvgIpc) is 3.14. The van der Waals surface area contributed by atoms with Gasteiger partial charge in [-0.3, -0.25) is 19.1 Å². The van der Waals surface area contributed by atoms with E-state index in [0.29, 0.717) is 11.5 Å². The number of aliphatic hydroxyl groups is 2. The second kappa shape index (κ2) is 7.82. The van der Waals surface area contributed by atoms with Crippen molar-refractivity contribution in [3.05, 3.63) is 16.7 Å². The predicted molar refractivity (Wildman–Crippen MR) is 96.0 cm³/mol. The van der Waals surface area contributed by atoms with Gasteiger partial charge >= 0.3 is 5.97 Å². The van der Waals surface area contributed by atoms with Gasteiger partial charge in [-0.1, -0.05) is 0 Å². The molecule has 0 radical (unpaired) electrons. The van der Waals surface area contributed by atoms with Crippen LogP contribution in [0.5, 0.6) is 0 Å².